The number of rotatable bonds is 76. The van der Waals surface area contributed by atoms with E-state index in [9.17, 15) is 19.8 Å². The van der Waals surface area contributed by atoms with Crippen LogP contribution in [0.4, 0.5) is 0 Å². The summed E-state index contributed by atoms with van der Waals surface area (Å²) in [6, 6.07) is -0.539. The fourth-order valence-corrected chi connectivity index (χ4v) is 13.0. The average molecular weight is 1210 g/mol. The molecule has 0 aromatic rings. The van der Waals surface area contributed by atoms with Gasteiger partial charge in [-0.2, -0.15) is 0 Å². The second kappa shape index (κ2) is 76.1. The molecule has 0 aliphatic heterocycles. The van der Waals surface area contributed by atoms with Gasteiger partial charge in [-0.3, -0.25) is 9.59 Å². The van der Waals surface area contributed by atoms with E-state index in [1.807, 2.05) is 0 Å². The molecule has 3 N–H and O–H groups in total. The van der Waals surface area contributed by atoms with Gasteiger partial charge in [0.05, 0.1) is 25.4 Å². The molecule has 0 spiro atoms. The van der Waals surface area contributed by atoms with Crippen LogP contribution in [0, 0.1) is 0 Å². The Balaban J connectivity index is 3.33. The van der Waals surface area contributed by atoms with Crippen LogP contribution in [0.3, 0.4) is 0 Å². The lowest BCUT2D eigenvalue weighted by atomic mass is 10.0. The maximum atomic E-state index is 12.6. The number of esters is 1. The molecule has 0 aromatic heterocycles. The highest BCUT2D eigenvalue weighted by molar-refractivity contribution is 5.76. The van der Waals surface area contributed by atoms with E-state index in [0.717, 1.165) is 38.5 Å². The van der Waals surface area contributed by atoms with Crippen LogP contribution in [0.5, 0.6) is 0 Å². The maximum absolute atomic E-state index is 12.6. The molecular weight excluding hydrogens is 1050 g/mol. The molecule has 0 aliphatic rings. The average Bonchev–Trinajstić information content (AvgIpc) is 3.58. The van der Waals surface area contributed by atoms with Crippen LogP contribution in [0.25, 0.3) is 0 Å². The van der Waals surface area contributed by atoms with Gasteiger partial charge in [0, 0.05) is 12.8 Å². The highest BCUT2D eigenvalue weighted by atomic mass is 16.5. The van der Waals surface area contributed by atoms with Crippen LogP contribution in [-0.4, -0.2) is 47.4 Å². The van der Waals surface area contributed by atoms with E-state index in [0.29, 0.717) is 25.9 Å². The van der Waals surface area contributed by atoms with E-state index in [4.69, 9.17) is 4.74 Å². The lowest BCUT2D eigenvalue weighted by Crippen LogP contribution is -2.45. The summed E-state index contributed by atoms with van der Waals surface area (Å²) in [5.74, 6) is -0.00221. The minimum absolute atomic E-state index is 0.0237. The van der Waals surface area contributed by atoms with Crippen molar-refractivity contribution < 1.29 is 24.5 Å². The number of aliphatic hydroxyl groups excluding tert-OH is 2. The highest BCUT2D eigenvalue weighted by Gasteiger charge is 2.20. The van der Waals surface area contributed by atoms with Crippen LogP contribution >= 0.6 is 0 Å². The molecule has 1 amide bonds. The van der Waals surface area contributed by atoms with E-state index in [1.54, 1.807) is 0 Å². The number of unbranched alkanes of at least 4 members (excludes halogenated alkanes) is 63. The molecular formula is C80H157NO5. The zero-order chi connectivity index (χ0) is 62.0. The molecule has 0 rings (SSSR count). The number of ether oxygens (including phenoxy) is 1. The normalized spacial score (nSPS) is 12.5. The second-order valence-corrected chi connectivity index (χ2v) is 27.8. The first-order chi connectivity index (χ1) is 42.5. The van der Waals surface area contributed by atoms with Crippen LogP contribution in [-0.2, 0) is 14.3 Å². The molecule has 0 radical (unpaired) electrons. The first-order valence-electron chi connectivity index (χ1n) is 39.9. The predicted octanol–water partition coefficient (Wildman–Crippen LogP) is 26.3. The van der Waals surface area contributed by atoms with Crippen LogP contribution < -0.4 is 5.32 Å². The van der Waals surface area contributed by atoms with Gasteiger partial charge in [-0.15, -0.1) is 0 Å². The molecule has 0 fully saturated rings. The van der Waals surface area contributed by atoms with E-state index in [-0.39, 0.29) is 18.5 Å². The summed E-state index contributed by atoms with van der Waals surface area (Å²) in [5, 5.41) is 23.4. The molecule has 0 bridgehead atoms. The van der Waals surface area contributed by atoms with Crippen molar-refractivity contribution in [3.8, 4) is 0 Å². The van der Waals surface area contributed by atoms with Gasteiger partial charge in [0.1, 0.15) is 0 Å². The summed E-state index contributed by atoms with van der Waals surface area (Å²) < 4.78 is 5.50. The minimum Gasteiger partial charge on any atom is -0.466 e. The van der Waals surface area contributed by atoms with Crippen molar-refractivity contribution in [2.45, 2.75) is 475 Å². The third kappa shape index (κ3) is 71.7. The topological polar surface area (TPSA) is 95.9 Å². The van der Waals surface area contributed by atoms with Gasteiger partial charge < -0.3 is 20.3 Å². The Hall–Kier alpha value is -1.40. The lowest BCUT2D eigenvalue weighted by molar-refractivity contribution is -0.143. The molecule has 2 atom stereocenters. The molecule has 2 unspecified atom stereocenters. The molecule has 0 aliphatic carbocycles. The molecule has 6 nitrogen and oxygen atoms in total. The first-order valence-corrected chi connectivity index (χ1v) is 39.9. The van der Waals surface area contributed by atoms with Crippen molar-refractivity contribution in [2.75, 3.05) is 13.2 Å². The fraction of sp³-hybridized carbons (Fsp3) is 0.950. The maximum Gasteiger partial charge on any atom is 0.305 e. The SMILES string of the molecule is CCCCCCCCCCCCCCCCCCCCCCC(O)C(CO)NC(=O)CCCCCCCCCCCCCCCCCCC/C=C\CCCCCCCCCCCCCCCCOC(=O)CCCCCCCCCCCCCCCC. The van der Waals surface area contributed by atoms with Gasteiger partial charge in [-0.1, -0.05) is 411 Å². The molecule has 6 heteroatoms. The molecule has 512 valence electrons. The summed E-state index contributed by atoms with van der Waals surface area (Å²) >= 11 is 0. The monoisotopic (exact) mass is 1210 g/mol. The Kier molecular flexibility index (Phi) is 74.8. The van der Waals surface area contributed by atoms with Crippen molar-refractivity contribution >= 4 is 11.9 Å². The van der Waals surface area contributed by atoms with Crippen molar-refractivity contribution in [1.82, 2.24) is 5.32 Å². The zero-order valence-electron chi connectivity index (χ0n) is 58.8. The van der Waals surface area contributed by atoms with Crippen molar-refractivity contribution in [1.29, 1.82) is 0 Å². The number of hydrogen-bond donors (Lipinski definition) is 3. The Morgan fingerprint density at radius 3 is 0.826 bits per heavy atom. The van der Waals surface area contributed by atoms with Gasteiger partial charge >= 0.3 is 5.97 Å². The lowest BCUT2D eigenvalue weighted by Gasteiger charge is -2.22. The number of hydrogen-bond acceptors (Lipinski definition) is 5. The number of carbonyl (C=O) groups excluding carboxylic acids is 2. The summed E-state index contributed by atoms with van der Waals surface area (Å²) in [4.78, 5) is 24.6. The highest BCUT2D eigenvalue weighted by Crippen LogP contribution is 2.20. The summed E-state index contributed by atoms with van der Waals surface area (Å²) in [5.41, 5.74) is 0. The summed E-state index contributed by atoms with van der Waals surface area (Å²) in [6.07, 6.45) is 95.9. The molecule has 86 heavy (non-hydrogen) atoms. The van der Waals surface area contributed by atoms with Crippen LogP contribution in [0.2, 0.25) is 0 Å². The molecule has 0 heterocycles. The van der Waals surface area contributed by atoms with Gasteiger partial charge in [0.25, 0.3) is 0 Å². The van der Waals surface area contributed by atoms with Crippen LogP contribution in [0.1, 0.15) is 463 Å². The van der Waals surface area contributed by atoms with E-state index in [2.05, 4.69) is 31.3 Å². The number of nitrogens with one attached hydrogen (secondary N) is 1. The van der Waals surface area contributed by atoms with Crippen molar-refractivity contribution in [3.05, 3.63) is 12.2 Å². The quantitative estimate of drug-likeness (QED) is 0.0320. The molecule has 0 aromatic carbocycles. The molecule has 0 saturated heterocycles. The third-order valence-electron chi connectivity index (χ3n) is 19.1. The number of allylic oxidation sites excluding steroid dienone is 2. The zero-order valence-corrected chi connectivity index (χ0v) is 58.8. The Labute approximate surface area is 539 Å². The van der Waals surface area contributed by atoms with Gasteiger partial charge in [-0.25, -0.2) is 0 Å². The largest absolute Gasteiger partial charge is 0.466 e. The molecule has 0 saturated carbocycles. The van der Waals surface area contributed by atoms with E-state index >= 15 is 0 Å². The second-order valence-electron chi connectivity index (χ2n) is 27.8. The number of amides is 1. The van der Waals surface area contributed by atoms with Gasteiger partial charge in [0.15, 0.2) is 0 Å². The van der Waals surface area contributed by atoms with Crippen LogP contribution in [0.15, 0.2) is 12.2 Å². The van der Waals surface area contributed by atoms with Gasteiger partial charge in [0.2, 0.25) is 5.91 Å². The summed E-state index contributed by atoms with van der Waals surface area (Å²) in [6.45, 7) is 5.01. The van der Waals surface area contributed by atoms with E-state index < -0.39 is 12.1 Å². The number of aliphatic hydroxyl groups is 2. The minimum atomic E-state index is -0.662. The smallest absolute Gasteiger partial charge is 0.305 e. The summed E-state index contributed by atoms with van der Waals surface area (Å²) in [7, 11) is 0. The van der Waals surface area contributed by atoms with Crippen molar-refractivity contribution in [3.63, 3.8) is 0 Å². The van der Waals surface area contributed by atoms with E-state index in [1.165, 1.54) is 392 Å². The predicted molar refractivity (Wildman–Crippen MR) is 380 cm³/mol. The Bertz CT molecular complexity index is 1300. The third-order valence-corrected chi connectivity index (χ3v) is 19.1. The first kappa shape index (κ1) is 84.6. The number of carbonyl (C=O) groups is 2. The fourth-order valence-electron chi connectivity index (χ4n) is 13.0. The Morgan fingerprint density at radius 2 is 0.547 bits per heavy atom. The van der Waals surface area contributed by atoms with Gasteiger partial charge in [-0.05, 0) is 51.4 Å². The Morgan fingerprint density at radius 1 is 0.314 bits per heavy atom. The van der Waals surface area contributed by atoms with Crippen molar-refractivity contribution in [2.24, 2.45) is 0 Å². The standard InChI is InChI=1S/C80H157NO5/c1-3-5-7-9-11-13-15-17-19-20-21-39-42-45-48-52-56-60-64-68-72-78(83)77(76-82)81-79(84)73-69-65-61-57-53-49-46-43-40-37-35-33-31-29-27-25-23-22-24-26-28-30-32-34-36-38-41-44-47-51-55-59-63-67-71-75-86-80(85)74-70-66-62-58-54-50-18-16-14-12-10-8-6-4-2/h24,26,77-78,82-83H,3-23,25,27-76H2,1-2H3,(H,81,84)/b26-24-.